The van der Waals surface area contributed by atoms with Crippen molar-refractivity contribution >= 4 is 18.7 Å². The lowest BCUT2D eigenvalue weighted by Crippen LogP contribution is -2.14. The Morgan fingerprint density at radius 2 is 1.77 bits per heavy atom. The maximum Gasteiger partial charge on any atom is 0.348 e. The molecule has 13 heavy (non-hydrogen) atoms. The molecule has 0 heterocycles. The van der Waals surface area contributed by atoms with Crippen molar-refractivity contribution in [2.75, 3.05) is 13.2 Å². The fraction of sp³-hybridized carbons (Fsp3) is 1.00. The molecule has 0 aromatic heterocycles. The third-order valence-electron chi connectivity index (χ3n) is 1.36. The summed E-state index contributed by atoms with van der Waals surface area (Å²) in [5.41, 5.74) is 0. The van der Waals surface area contributed by atoms with E-state index in [1.54, 1.807) is 13.8 Å². The summed E-state index contributed by atoms with van der Waals surface area (Å²) in [6.07, 6.45) is 0. The lowest BCUT2D eigenvalue weighted by molar-refractivity contribution is 0.218. The summed E-state index contributed by atoms with van der Waals surface area (Å²) in [7, 11) is -3.42. The second-order valence-corrected chi connectivity index (χ2v) is 6.23. The quantitative estimate of drug-likeness (QED) is 0.556. The molecule has 0 aromatic carbocycles. The molecule has 0 saturated carbocycles. The van der Waals surface area contributed by atoms with Crippen LogP contribution in [-0.4, -0.2) is 27.0 Å². The highest BCUT2D eigenvalue weighted by molar-refractivity contribution is 7.88. The van der Waals surface area contributed by atoms with Gasteiger partial charge in [0.1, 0.15) is 0 Å². The molecule has 0 aliphatic heterocycles. The van der Waals surface area contributed by atoms with Crippen molar-refractivity contribution in [2.45, 2.75) is 25.8 Å². The van der Waals surface area contributed by atoms with E-state index in [-0.39, 0.29) is 13.2 Å². The molecule has 0 radical (unpaired) electrons. The Morgan fingerprint density at radius 1 is 1.38 bits per heavy atom. The minimum atomic E-state index is -3.42. The lowest BCUT2D eigenvalue weighted by Gasteiger charge is -2.20. The highest BCUT2D eigenvalue weighted by Gasteiger charge is 2.36. The molecule has 0 rings (SSSR count). The third kappa shape index (κ3) is 3.87. The summed E-state index contributed by atoms with van der Waals surface area (Å²) >= 11 is -2.20. The molecule has 0 aliphatic rings. The van der Waals surface area contributed by atoms with Gasteiger partial charge in [-0.3, -0.25) is 4.57 Å². The molecule has 0 saturated heterocycles. The van der Waals surface area contributed by atoms with Gasteiger partial charge in [0.2, 0.25) is 0 Å². The predicted octanol–water partition coefficient (Wildman–Crippen LogP) is 1.82. The zero-order valence-corrected chi connectivity index (χ0v) is 9.64. The van der Waals surface area contributed by atoms with Crippen molar-refractivity contribution in [1.29, 1.82) is 0 Å². The molecule has 80 valence electrons. The van der Waals surface area contributed by atoms with E-state index in [0.29, 0.717) is 0 Å². The number of rotatable bonds is 6. The van der Waals surface area contributed by atoms with Gasteiger partial charge < -0.3 is 13.6 Å². The Hall–Kier alpha value is 0.260. The molecule has 1 N–H and O–H groups in total. The van der Waals surface area contributed by atoms with Crippen LogP contribution in [0.5, 0.6) is 0 Å². The number of hydrogen-bond donors (Lipinski definition) is 1. The second-order valence-electron chi connectivity index (χ2n) is 2.25. The molecule has 0 aromatic rings. The van der Waals surface area contributed by atoms with Crippen molar-refractivity contribution in [3.8, 4) is 0 Å². The van der Waals surface area contributed by atoms with Crippen molar-refractivity contribution in [1.82, 2.24) is 0 Å². The summed E-state index contributed by atoms with van der Waals surface area (Å²) in [4.78, 5) is -1.01. The van der Waals surface area contributed by atoms with E-state index in [9.17, 15) is 8.77 Å². The van der Waals surface area contributed by atoms with Crippen LogP contribution in [0.2, 0.25) is 0 Å². The minimum absolute atomic E-state index is 0.193. The van der Waals surface area contributed by atoms with Gasteiger partial charge in [0, 0.05) is 0 Å². The van der Waals surface area contributed by atoms with Gasteiger partial charge in [0.05, 0.1) is 13.2 Å². The summed E-state index contributed by atoms with van der Waals surface area (Å²) in [6, 6.07) is 0. The van der Waals surface area contributed by atoms with Gasteiger partial charge in [-0.1, -0.05) is 0 Å². The molecule has 0 spiro atoms. The smallest absolute Gasteiger partial charge is 0.308 e. The Bertz CT molecular complexity index is 209. The predicted molar refractivity (Wildman–Crippen MR) is 51.1 cm³/mol. The van der Waals surface area contributed by atoms with E-state index in [1.807, 2.05) is 0 Å². The van der Waals surface area contributed by atoms with Gasteiger partial charge >= 0.3 is 7.60 Å². The first kappa shape index (κ1) is 13.3. The van der Waals surface area contributed by atoms with Gasteiger partial charge in [0.25, 0.3) is 0 Å². The standard InChI is InChI=1S/C6H15O5PS/c1-4-10-12(7,11-5-2)6(3)13(8)9/h6H,4-5H2,1-3H3,(H,8,9). The SMILES string of the molecule is CCOP(=O)(OCC)C(C)S(=O)O. The van der Waals surface area contributed by atoms with Gasteiger partial charge in [-0.15, -0.1) is 0 Å². The van der Waals surface area contributed by atoms with Crippen LogP contribution in [0.25, 0.3) is 0 Å². The summed E-state index contributed by atoms with van der Waals surface area (Å²) in [5, 5.41) is 0. The molecule has 0 fully saturated rings. The first-order valence-electron chi connectivity index (χ1n) is 3.96. The van der Waals surface area contributed by atoms with E-state index in [0.717, 1.165) is 0 Å². The van der Waals surface area contributed by atoms with Gasteiger partial charge in [0.15, 0.2) is 16.1 Å². The normalized spacial score (nSPS) is 16.9. The Kier molecular flexibility index (Phi) is 6.00. The zero-order valence-electron chi connectivity index (χ0n) is 7.93. The average molecular weight is 230 g/mol. The summed E-state index contributed by atoms with van der Waals surface area (Å²) < 4.78 is 40.9. The maximum atomic E-state index is 11.8. The van der Waals surface area contributed by atoms with Crippen molar-refractivity contribution in [3.05, 3.63) is 0 Å². The van der Waals surface area contributed by atoms with Crippen molar-refractivity contribution in [2.24, 2.45) is 0 Å². The summed E-state index contributed by atoms with van der Waals surface area (Å²) in [5.74, 6) is 0. The topological polar surface area (TPSA) is 72.8 Å². The van der Waals surface area contributed by atoms with Gasteiger partial charge in [-0.2, -0.15) is 0 Å². The van der Waals surface area contributed by atoms with Gasteiger partial charge in [-0.25, -0.2) is 4.21 Å². The van der Waals surface area contributed by atoms with Crippen LogP contribution in [0, 0.1) is 0 Å². The molecular formula is C6H15O5PS. The molecule has 7 heteroatoms. The highest BCUT2D eigenvalue weighted by Crippen LogP contribution is 2.53. The average Bonchev–Trinajstić information content (AvgIpc) is 2.03. The fourth-order valence-corrected chi connectivity index (χ4v) is 3.18. The van der Waals surface area contributed by atoms with E-state index in [1.165, 1.54) is 6.92 Å². The van der Waals surface area contributed by atoms with Gasteiger partial charge in [-0.05, 0) is 20.8 Å². The summed E-state index contributed by atoms with van der Waals surface area (Å²) in [6.45, 7) is 5.05. The monoisotopic (exact) mass is 230 g/mol. The van der Waals surface area contributed by atoms with E-state index < -0.39 is 23.7 Å². The van der Waals surface area contributed by atoms with Crippen molar-refractivity contribution in [3.63, 3.8) is 0 Å². The third-order valence-corrected chi connectivity index (χ3v) is 5.38. The fourth-order valence-electron chi connectivity index (χ4n) is 0.718. The van der Waals surface area contributed by atoms with Crippen LogP contribution < -0.4 is 0 Å². The van der Waals surface area contributed by atoms with Crippen LogP contribution >= 0.6 is 7.60 Å². The highest BCUT2D eigenvalue weighted by atomic mass is 32.2. The van der Waals surface area contributed by atoms with Crippen LogP contribution in [0.4, 0.5) is 0 Å². The molecular weight excluding hydrogens is 215 g/mol. The van der Waals surface area contributed by atoms with E-state index in [4.69, 9.17) is 13.6 Å². The van der Waals surface area contributed by atoms with Crippen LogP contribution in [-0.2, 0) is 24.7 Å². The molecule has 0 bridgehead atoms. The second kappa shape index (κ2) is 5.88. The molecule has 5 nitrogen and oxygen atoms in total. The molecule has 0 amide bonds. The maximum absolute atomic E-state index is 11.8. The van der Waals surface area contributed by atoms with Crippen molar-refractivity contribution < 1.29 is 22.4 Å². The Labute approximate surface area is 80.6 Å². The molecule has 0 aliphatic carbocycles. The minimum Gasteiger partial charge on any atom is -0.308 e. The van der Waals surface area contributed by atoms with Crippen LogP contribution in [0.15, 0.2) is 0 Å². The van der Waals surface area contributed by atoms with Crippen LogP contribution in [0.1, 0.15) is 20.8 Å². The number of hydrogen-bond acceptors (Lipinski definition) is 4. The lowest BCUT2D eigenvalue weighted by atomic mass is 10.9. The molecule has 2 unspecified atom stereocenters. The largest absolute Gasteiger partial charge is 0.348 e. The first-order chi connectivity index (χ1) is 5.98. The van der Waals surface area contributed by atoms with E-state index in [2.05, 4.69) is 0 Å². The Morgan fingerprint density at radius 3 is 2.00 bits per heavy atom. The zero-order chi connectivity index (χ0) is 10.5. The molecule has 2 atom stereocenters. The Balaban J connectivity index is 4.57. The van der Waals surface area contributed by atoms with Crippen LogP contribution in [0.3, 0.4) is 0 Å². The first-order valence-corrected chi connectivity index (χ1v) is 6.74. The van der Waals surface area contributed by atoms with E-state index >= 15 is 0 Å².